The number of likely N-dealkylation sites (tertiary alicyclic amines) is 1. The number of carboxylic acid groups (broad SMARTS) is 2. The Hall–Kier alpha value is -4.13. The highest BCUT2D eigenvalue weighted by atomic mass is 32.2. The summed E-state index contributed by atoms with van der Waals surface area (Å²) < 4.78 is 31.7. The zero-order chi connectivity index (χ0) is 31.5. The van der Waals surface area contributed by atoms with Gasteiger partial charge in [0.25, 0.3) is 11.8 Å². The molecule has 0 saturated carbocycles. The first-order chi connectivity index (χ1) is 19.6. The largest absolute Gasteiger partial charge is 0.490 e. The first-order valence-electron chi connectivity index (χ1n) is 12.0. The lowest BCUT2D eigenvalue weighted by Gasteiger charge is -2.49. The number of alkyl halides is 3. The summed E-state index contributed by atoms with van der Waals surface area (Å²) in [5.41, 5.74) is 5.90. The highest BCUT2D eigenvalue weighted by molar-refractivity contribution is 8.00. The van der Waals surface area contributed by atoms with Gasteiger partial charge in [0.05, 0.1) is 0 Å². The minimum atomic E-state index is -5.08. The first kappa shape index (κ1) is 32.4. The van der Waals surface area contributed by atoms with Crippen molar-refractivity contribution < 1.29 is 52.6 Å². The minimum Gasteiger partial charge on any atom is -0.477 e. The number of thiazole rings is 1. The Bertz CT molecular complexity index is 1390. The van der Waals surface area contributed by atoms with Crippen LogP contribution in [0.1, 0.15) is 26.0 Å². The van der Waals surface area contributed by atoms with Gasteiger partial charge < -0.3 is 31.4 Å². The second-order valence-corrected chi connectivity index (χ2v) is 11.4. The van der Waals surface area contributed by atoms with Crippen LogP contribution in [0.15, 0.2) is 33.5 Å². The molecule has 0 radical (unpaired) electrons. The Labute approximate surface area is 243 Å². The highest BCUT2D eigenvalue weighted by Gasteiger charge is 2.54. The van der Waals surface area contributed by atoms with E-state index in [4.69, 9.17) is 15.6 Å². The lowest BCUT2D eigenvalue weighted by molar-refractivity contribution is -0.192. The number of halogens is 3. The summed E-state index contributed by atoms with van der Waals surface area (Å²) in [5.74, 6) is -5.07. The molecule has 4 heterocycles. The fraction of sp³-hybridized carbons (Fsp3) is 0.435. The second kappa shape index (κ2) is 12.8. The number of nitrogens with two attached hydrogens (primary N) is 1. The van der Waals surface area contributed by atoms with E-state index >= 15 is 0 Å². The number of aliphatic carboxylic acids is 2. The number of β-lactam (4-membered cyclic amide) rings is 1. The highest BCUT2D eigenvalue weighted by Crippen LogP contribution is 2.41. The normalized spacial score (nSPS) is 21.7. The number of anilines is 1. The number of nitrogens with one attached hydrogen (secondary N) is 1. The third-order valence-electron chi connectivity index (χ3n) is 5.96. The predicted octanol–water partition coefficient (Wildman–Crippen LogP) is 1.09. The van der Waals surface area contributed by atoms with Gasteiger partial charge in [0.1, 0.15) is 22.8 Å². The molecule has 4 rings (SSSR count). The van der Waals surface area contributed by atoms with E-state index in [1.54, 1.807) is 11.0 Å². The average Bonchev–Trinajstić information content (AvgIpc) is 3.47. The van der Waals surface area contributed by atoms with Crippen molar-refractivity contribution in [3.8, 4) is 0 Å². The molecule has 0 unspecified atom stereocenters. The Balaban J connectivity index is 0.000000616. The summed E-state index contributed by atoms with van der Waals surface area (Å²) in [7, 11) is 0. The van der Waals surface area contributed by atoms with Crippen molar-refractivity contribution in [2.75, 3.05) is 24.6 Å². The van der Waals surface area contributed by atoms with Crippen LogP contribution in [-0.4, -0.2) is 102 Å². The Morgan fingerprint density at radius 2 is 1.93 bits per heavy atom. The fourth-order valence-electron chi connectivity index (χ4n) is 4.20. The predicted molar refractivity (Wildman–Crippen MR) is 142 cm³/mol. The number of hydrogen-bond donors (Lipinski definition) is 5. The summed E-state index contributed by atoms with van der Waals surface area (Å²) in [4.78, 5) is 66.0. The molecular formula is C23H25F3N6O8S2. The van der Waals surface area contributed by atoms with E-state index in [0.29, 0.717) is 36.6 Å². The molecule has 14 nitrogen and oxygen atoms in total. The number of carbonyl (C=O) groups excluding carboxylic acids is 3. The van der Waals surface area contributed by atoms with Gasteiger partial charge in [0.15, 0.2) is 10.8 Å². The van der Waals surface area contributed by atoms with Crippen LogP contribution >= 0.6 is 23.1 Å². The lowest BCUT2D eigenvalue weighted by Crippen LogP contribution is -2.71. The van der Waals surface area contributed by atoms with Crippen molar-refractivity contribution in [1.82, 2.24) is 20.1 Å². The van der Waals surface area contributed by atoms with Gasteiger partial charge >= 0.3 is 18.1 Å². The van der Waals surface area contributed by atoms with Crippen LogP contribution in [-0.2, 0) is 24.0 Å². The Morgan fingerprint density at radius 1 is 1.29 bits per heavy atom. The van der Waals surface area contributed by atoms with E-state index in [-0.39, 0.29) is 28.2 Å². The van der Waals surface area contributed by atoms with Gasteiger partial charge in [-0.2, -0.15) is 13.2 Å². The van der Waals surface area contributed by atoms with E-state index in [1.165, 1.54) is 17.1 Å². The molecule has 0 spiro atoms. The quantitative estimate of drug-likeness (QED) is 0.0941. The van der Waals surface area contributed by atoms with Crippen molar-refractivity contribution in [2.45, 2.75) is 37.9 Å². The summed E-state index contributed by atoms with van der Waals surface area (Å²) in [6, 6.07) is -1.02. The van der Waals surface area contributed by atoms with Gasteiger partial charge in [0.2, 0.25) is 5.91 Å². The molecule has 2 fully saturated rings. The number of fused-ring (bicyclic) bond motifs is 1. The van der Waals surface area contributed by atoms with E-state index in [2.05, 4.69) is 15.5 Å². The molecule has 2 saturated heterocycles. The molecule has 19 heteroatoms. The van der Waals surface area contributed by atoms with E-state index in [9.17, 15) is 42.7 Å². The molecule has 228 valence electrons. The second-order valence-electron chi connectivity index (χ2n) is 9.43. The maximum absolute atomic E-state index is 12.9. The maximum Gasteiger partial charge on any atom is 0.490 e. The smallest absolute Gasteiger partial charge is 0.477 e. The summed E-state index contributed by atoms with van der Waals surface area (Å²) in [5, 5.41) is 32.7. The number of hydrogen-bond acceptors (Lipinski definition) is 11. The number of thioether (sulfide) groups is 1. The Kier molecular flexibility index (Phi) is 9.87. The molecular weight excluding hydrogens is 609 g/mol. The standard InChI is InChI=1S/C21H24N6O6S2.C2HF3O2/c1-9(2)6-26-4-3-10(17(26)29)5-11-7-34-19-14(18(30)27(19)15(11)20(31)32)24-16(28)13(25-33)12-8-35-21(22)23-12;3-2(4,5)1(6)7/h5,8-9,14,19,33H,3-4,6-7H2,1-2H3,(H2,22,23)(H,24,28)(H,31,32);(H,6,7)/b10-5+,25-13+;/t14-,19-;/m1./s1. The topological polar surface area (TPSA) is 216 Å². The van der Waals surface area contributed by atoms with Crippen LogP contribution in [0.5, 0.6) is 0 Å². The third-order valence-corrected chi connectivity index (χ3v) is 7.93. The molecule has 42 heavy (non-hydrogen) atoms. The van der Waals surface area contributed by atoms with Crippen LogP contribution in [0.3, 0.4) is 0 Å². The molecule has 3 aliphatic heterocycles. The Morgan fingerprint density at radius 3 is 2.43 bits per heavy atom. The number of rotatable bonds is 7. The van der Waals surface area contributed by atoms with Gasteiger partial charge in [-0.3, -0.25) is 19.3 Å². The van der Waals surface area contributed by atoms with Crippen molar-refractivity contribution in [1.29, 1.82) is 0 Å². The number of oxime groups is 1. The number of aromatic nitrogens is 1. The number of carboxylic acids is 2. The fourth-order valence-corrected chi connectivity index (χ4v) is 6.05. The van der Waals surface area contributed by atoms with Gasteiger partial charge in [-0.1, -0.05) is 19.0 Å². The summed E-state index contributed by atoms with van der Waals surface area (Å²) >= 11 is 2.33. The maximum atomic E-state index is 12.9. The molecule has 3 amide bonds. The first-order valence-corrected chi connectivity index (χ1v) is 13.9. The molecule has 3 aliphatic rings. The van der Waals surface area contributed by atoms with Crippen molar-refractivity contribution in [2.24, 2.45) is 11.1 Å². The molecule has 0 aliphatic carbocycles. The van der Waals surface area contributed by atoms with Crippen molar-refractivity contribution in [3.63, 3.8) is 0 Å². The van der Waals surface area contributed by atoms with E-state index in [1.807, 2.05) is 13.8 Å². The number of carbonyl (C=O) groups is 5. The zero-order valence-corrected chi connectivity index (χ0v) is 23.5. The van der Waals surface area contributed by atoms with Crippen LogP contribution in [0.25, 0.3) is 0 Å². The van der Waals surface area contributed by atoms with E-state index in [0.717, 1.165) is 16.2 Å². The van der Waals surface area contributed by atoms with Crippen LogP contribution in [0.4, 0.5) is 18.3 Å². The average molecular weight is 635 g/mol. The summed E-state index contributed by atoms with van der Waals surface area (Å²) in [6.45, 7) is 5.23. The molecule has 1 aromatic heterocycles. The molecule has 0 aromatic carbocycles. The number of nitrogens with zero attached hydrogens (tertiary/aromatic N) is 4. The zero-order valence-electron chi connectivity index (χ0n) is 21.9. The van der Waals surface area contributed by atoms with Crippen LogP contribution in [0, 0.1) is 5.92 Å². The van der Waals surface area contributed by atoms with Gasteiger partial charge in [0, 0.05) is 29.8 Å². The van der Waals surface area contributed by atoms with Crippen LogP contribution < -0.4 is 11.1 Å². The summed E-state index contributed by atoms with van der Waals surface area (Å²) in [6.07, 6.45) is -3.00. The molecule has 1 aromatic rings. The third kappa shape index (κ3) is 7.01. The number of amides is 3. The van der Waals surface area contributed by atoms with Crippen LogP contribution in [0.2, 0.25) is 0 Å². The molecule has 0 bridgehead atoms. The van der Waals surface area contributed by atoms with E-state index < -0.39 is 47.1 Å². The molecule has 6 N–H and O–H groups in total. The van der Waals surface area contributed by atoms with Gasteiger partial charge in [-0.15, -0.1) is 23.1 Å². The monoisotopic (exact) mass is 634 g/mol. The van der Waals surface area contributed by atoms with Gasteiger partial charge in [-0.25, -0.2) is 14.6 Å². The number of nitrogen functional groups attached to an aromatic ring is 1. The van der Waals surface area contributed by atoms with Crippen molar-refractivity contribution >= 4 is 63.6 Å². The number of allylic oxidation sites excluding steroid dienone is 1. The molecule has 2 atom stereocenters. The SMILES string of the molecule is CC(C)CN1CC/C(=C\C2=C(C(=O)O)N3C(=O)[C@@H](NC(=O)/C(=N/O)c4csc(N)n4)[C@H]3SC2)C1=O.O=C(O)C(F)(F)F. The van der Waals surface area contributed by atoms with Gasteiger partial charge in [-0.05, 0) is 24.0 Å². The minimum absolute atomic E-state index is 0.0557. The lowest BCUT2D eigenvalue weighted by atomic mass is 10.0. The van der Waals surface area contributed by atoms with Crippen molar-refractivity contribution in [3.05, 3.63) is 34.0 Å².